The molecular formula is C21H24N2O5S. The van der Waals surface area contributed by atoms with Crippen LogP contribution < -0.4 is 14.8 Å². The number of benzene rings is 2. The van der Waals surface area contributed by atoms with E-state index in [1.54, 1.807) is 32.0 Å². The molecule has 0 aliphatic carbocycles. The van der Waals surface area contributed by atoms with E-state index in [0.717, 1.165) is 17.7 Å². The number of carbonyl (C=O) groups is 1. The highest BCUT2D eigenvalue weighted by Gasteiger charge is 2.34. The summed E-state index contributed by atoms with van der Waals surface area (Å²) in [5, 5.41) is 2.76. The number of rotatable bonds is 5. The minimum absolute atomic E-state index is 0.105. The summed E-state index contributed by atoms with van der Waals surface area (Å²) in [4.78, 5) is 11.8. The molecule has 8 heteroatoms. The van der Waals surface area contributed by atoms with Crippen molar-refractivity contribution in [3.8, 4) is 11.5 Å². The Labute approximate surface area is 170 Å². The van der Waals surface area contributed by atoms with Crippen LogP contribution in [0.1, 0.15) is 36.8 Å². The fourth-order valence-corrected chi connectivity index (χ4v) is 5.50. The Bertz CT molecular complexity index is 1050. The molecule has 1 unspecified atom stereocenters. The fraction of sp³-hybridized carbons (Fsp3) is 0.381. The van der Waals surface area contributed by atoms with E-state index in [4.69, 9.17) is 9.47 Å². The molecule has 2 aromatic rings. The van der Waals surface area contributed by atoms with E-state index in [1.807, 2.05) is 18.2 Å². The average molecular weight is 416 g/mol. The van der Waals surface area contributed by atoms with Gasteiger partial charge in [-0.05, 0) is 60.7 Å². The Balaban J connectivity index is 1.52. The highest BCUT2D eigenvalue weighted by molar-refractivity contribution is 7.89. The number of aryl methyl sites for hydroxylation is 1. The molecule has 154 valence electrons. The molecule has 0 bridgehead atoms. The van der Waals surface area contributed by atoms with Gasteiger partial charge in [0.2, 0.25) is 22.7 Å². The zero-order valence-electron chi connectivity index (χ0n) is 16.5. The van der Waals surface area contributed by atoms with Gasteiger partial charge in [0.15, 0.2) is 11.5 Å². The van der Waals surface area contributed by atoms with E-state index in [2.05, 4.69) is 5.32 Å². The Hall–Kier alpha value is -2.58. The summed E-state index contributed by atoms with van der Waals surface area (Å²) in [6, 6.07) is 10.7. The molecule has 1 N–H and O–H groups in total. The minimum atomic E-state index is -3.61. The van der Waals surface area contributed by atoms with Gasteiger partial charge in [0.1, 0.15) is 0 Å². The van der Waals surface area contributed by atoms with Gasteiger partial charge in [0.05, 0.1) is 4.90 Å². The van der Waals surface area contributed by atoms with Crippen molar-refractivity contribution < 1.29 is 22.7 Å². The second kappa shape index (κ2) is 7.68. The Morgan fingerprint density at radius 3 is 2.72 bits per heavy atom. The van der Waals surface area contributed by atoms with Crippen LogP contribution in [0, 0.1) is 6.92 Å². The maximum absolute atomic E-state index is 13.2. The average Bonchev–Trinajstić information content (AvgIpc) is 3.37. The molecule has 1 atom stereocenters. The standard InChI is InChI=1S/C21H24N2O5S/c1-3-21(24)22-17-5-7-20(14(2)10-17)29(25,26)23-9-8-16(12-23)15-4-6-18-19(11-15)28-13-27-18/h4-7,10-11,16H,3,8-9,12-13H2,1-2H3,(H,22,24). The monoisotopic (exact) mass is 416 g/mol. The van der Waals surface area contributed by atoms with Crippen LogP contribution >= 0.6 is 0 Å². The molecule has 7 nitrogen and oxygen atoms in total. The van der Waals surface area contributed by atoms with E-state index in [1.165, 1.54) is 4.31 Å². The summed E-state index contributed by atoms with van der Waals surface area (Å²) in [6.45, 7) is 4.63. The topological polar surface area (TPSA) is 84.9 Å². The Morgan fingerprint density at radius 1 is 1.17 bits per heavy atom. The number of nitrogens with zero attached hydrogens (tertiary/aromatic N) is 1. The molecular weight excluding hydrogens is 392 g/mol. The summed E-state index contributed by atoms with van der Waals surface area (Å²) >= 11 is 0. The summed E-state index contributed by atoms with van der Waals surface area (Å²) in [5.41, 5.74) is 2.28. The maximum Gasteiger partial charge on any atom is 0.243 e. The molecule has 1 fully saturated rings. The van der Waals surface area contributed by atoms with Gasteiger partial charge in [-0.2, -0.15) is 4.31 Å². The number of anilines is 1. The highest BCUT2D eigenvalue weighted by atomic mass is 32.2. The summed E-state index contributed by atoms with van der Waals surface area (Å²) in [5.74, 6) is 1.44. The van der Waals surface area contributed by atoms with Gasteiger partial charge < -0.3 is 14.8 Å². The first-order valence-corrected chi connectivity index (χ1v) is 11.1. The number of amides is 1. The molecule has 29 heavy (non-hydrogen) atoms. The van der Waals surface area contributed by atoms with E-state index in [-0.39, 0.29) is 23.5 Å². The fourth-order valence-electron chi connectivity index (χ4n) is 3.79. The number of carbonyl (C=O) groups excluding carboxylic acids is 1. The summed E-state index contributed by atoms with van der Waals surface area (Å²) in [6.07, 6.45) is 1.12. The van der Waals surface area contributed by atoms with Crippen molar-refractivity contribution in [2.24, 2.45) is 0 Å². The van der Waals surface area contributed by atoms with Gasteiger partial charge in [-0.25, -0.2) is 8.42 Å². The minimum Gasteiger partial charge on any atom is -0.454 e. The van der Waals surface area contributed by atoms with Crippen LogP contribution in [-0.2, 0) is 14.8 Å². The van der Waals surface area contributed by atoms with Crippen molar-refractivity contribution in [2.45, 2.75) is 37.5 Å². The van der Waals surface area contributed by atoms with Gasteiger partial charge in [0.25, 0.3) is 0 Å². The molecule has 0 saturated carbocycles. The summed E-state index contributed by atoms with van der Waals surface area (Å²) < 4.78 is 38.7. The number of ether oxygens (including phenoxy) is 2. The second-order valence-corrected chi connectivity index (χ2v) is 9.25. The van der Waals surface area contributed by atoms with Crippen LogP contribution in [0.2, 0.25) is 0 Å². The van der Waals surface area contributed by atoms with Gasteiger partial charge in [0, 0.05) is 25.2 Å². The van der Waals surface area contributed by atoms with E-state index in [9.17, 15) is 13.2 Å². The third kappa shape index (κ3) is 3.82. The first-order valence-electron chi connectivity index (χ1n) is 9.68. The number of fused-ring (bicyclic) bond motifs is 1. The molecule has 0 aromatic heterocycles. The summed E-state index contributed by atoms with van der Waals surface area (Å²) in [7, 11) is -3.61. The number of sulfonamides is 1. The zero-order valence-corrected chi connectivity index (χ0v) is 17.3. The van der Waals surface area contributed by atoms with Crippen molar-refractivity contribution >= 4 is 21.6 Å². The molecule has 4 rings (SSSR count). The smallest absolute Gasteiger partial charge is 0.243 e. The lowest BCUT2D eigenvalue weighted by Crippen LogP contribution is -2.29. The molecule has 2 aliphatic heterocycles. The molecule has 1 saturated heterocycles. The second-order valence-electron chi connectivity index (χ2n) is 7.34. The van der Waals surface area contributed by atoms with Crippen molar-refractivity contribution in [2.75, 3.05) is 25.2 Å². The third-order valence-corrected chi connectivity index (χ3v) is 7.44. The van der Waals surface area contributed by atoms with Crippen molar-refractivity contribution in [3.63, 3.8) is 0 Å². The number of hydrogen-bond acceptors (Lipinski definition) is 5. The van der Waals surface area contributed by atoms with Crippen molar-refractivity contribution in [1.29, 1.82) is 0 Å². The molecule has 2 heterocycles. The van der Waals surface area contributed by atoms with Crippen LogP contribution in [-0.4, -0.2) is 38.5 Å². The first kappa shape index (κ1) is 19.7. The van der Waals surface area contributed by atoms with E-state index >= 15 is 0 Å². The van der Waals surface area contributed by atoms with Crippen LogP contribution in [0.5, 0.6) is 11.5 Å². The van der Waals surface area contributed by atoms with Gasteiger partial charge >= 0.3 is 0 Å². The lowest BCUT2D eigenvalue weighted by Gasteiger charge is -2.19. The normalized spacial score (nSPS) is 18.8. The Kier molecular flexibility index (Phi) is 5.23. The maximum atomic E-state index is 13.2. The predicted octanol–water partition coefficient (Wildman–Crippen LogP) is 3.25. The molecule has 0 spiro atoms. The predicted molar refractivity (Wildman–Crippen MR) is 109 cm³/mol. The van der Waals surface area contributed by atoms with Gasteiger partial charge in [-0.3, -0.25) is 4.79 Å². The lowest BCUT2D eigenvalue weighted by molar-refractivity contribution is -0.115. The van der Waals surface area contributed by atoms with Crippen LogP contribution in [0.25, 0.3) is 0 Å². The van der Waals surface area contributed by atoms with Gasteiger partial charge in [-0.1, -0.05) is 13.0 Å². The van der Waals surface area contributed by atoms with Crippen molar-refractivity contribution in [1.82, 2.24) is 4.31 Å². The van der Waals surface area contributed by atoms with Gasteiger partial charge in [-0.15, -0.1) is 0 Å². The lowest BCUT2D eigenvalue weighted by atomic mass is 9.98. The molecule has 1 amide bonds. The molecule has 2 aliphatic rings. The van der Waals surface area contributed by atoms with E-state index in [0.29, 0.717) is 36.5 Å². The number of hydrogen-bond donors (Lipinski definition) is 1. The van der Waals surface area contributed by atoms with Crippen LogP contribution in [0.15, 0.2) is 41.3 Å². The van der Waals surface area contributed by atoms with Crippen LogP contribution in [0.3, 0.4) is 0 Å². The van der Waals surface area contributed by atoms with Crippen molar-refractivity contribution in [3.05, 3.63) is 47.5 Å². The number of nitrogens with one attached hydrogen (secondary N) is 1. The Morgan fingerprint density at radius 2 is 1.97 bits per heavy atom. The largest absolute Gasteiger partial charge is 0.454 e. The highest BCUT2D eigenvalue weighted by Crippen LogP contribution is 2.38. The van der Waals surface area contributed by atoms with Crippen LogP contribution in [0.4, 0.5) is 5.69 Å². The SMILES string of the molecule is CCC(=O)Nc1ccc(S(=O)(=O)N2CCC(c3ccc4c(c3)OCO4)C2)c(C)c1. The first-order chi connectivity index (χ1) is 13.9. The quantitative estimate of drug-likeness (QED) is 0.809. The third-order valence-electron chi connectivity index (χ3n) is 5.42. The van der Waals surface area contributed by atoms with E-state index < -0.39 is 10.0 Å². The zero-order chi connectivity index (χ0) is 20.6. The molecule has 0 radical (unpaired) electrons. The molecule has 2 aromatic carbocycles.